The highest BCUT2D eigenvalue weighted by molar-refractivity contribution is 5.79. The number of unbranched alkanes of at least 4 members (excludes halogenated alkanes) is 3. The van der Waals surface area contributed by atoms with Gasteiger partial charge in [-0.15, -0.1) is 0 Å². The normalized spacial score (nSPS) is 17.5. The van der Waals surface area contributed by atoms with Crippen LogP contribution in [0.2, 0.25) is 0 Å². The lowest BCUT2D eigenvalue weighted by Gasteiger charge is -2.25. The van der Waals surface area contributed by atoms with Gasteiger partial charge in [0.2, 0.25) is 0 Å². The molecule has 1 aromatic carbocycles. The number of guanidine groups is 1. The van der Waals surface area contributed by atoms with Crippen LogP contribution in [-0.2, 0) is 16.1 Å². The molecule has 1 heterocycles. The number of hydrogen-bond donors (Lipinski definition) is 2. The molecule has 156 valence electrons. The van der Waals surface area contributed by atoms with Crippen LogP contribution in [0.1, 0.15) is 50.5 Å². The quantitative estimate of drug-likeness (QED) is 0.264. The third kappa shape index (κ3) is 8.30. The summed E-state index contributed by atoms with van der Waals surface area (Å²) in [6, 6.07) is 11.3. The van der Waals surface area contributed by atoms with Crippen molar-refractivity contribution in [3.8, 4) is 0 Å². The number of hydrogen-bond acceptors (Lipinski definition) is 4. The fourth-order valence-corrected chi connectivity index (χ4v) is 3.64. The van der Waals surface area contributed by atoms with Gasteiger partial charge in [-0.25, -0.2) is 0 Å². The number of ether oxygens (including phenoxy) is 1. The van der Waals surface area contributed by atoms with Gasteiger partial charge >= 0.3 is 5.97 Å². The highest BCUT2D eigenvalue weighted by Gasteiger charge is 2.24. The fraction of sp³-hybridized carbons (Fsp3) is 0.636. The summed E-state index contributed by atoms with van der Waals surface area (Å²) < 4.78 is 4.65. The van der Waals surface area contributed by atoms with Crippen LogP contribution < -0.4 is 10.6 Å². The van der Waals surface area contributed by atoms with Gasteiger partial charge in [0.05, 0.1) is 7.11 Å². The zero-order chi connectivity index (χ0) is 20.0. The summed E-state index contributed by atoms with van der Waals surface area (Å²) in [7, 11) is 3.26. The minimum atomic E-state index is -0.115. The van der Waals surface area contributed by atoms with E-state index in [2.05, 4.69) is 55.6 Å². The molecule has 1 aromatic rings. The number of likely N-dealkylation sites (tertiary alicyclic amines) is 1. The number of nitrogens with one attached hydrogen (secondary N) is 2. The lowest BCUT2D eigenvalue weighted by atomic mass is 10.1. The molecule has 0 amide bonds. The van der Waals surface area contributed by atoms with Gasteiger partial charge in [-0.3, -0.25) is 14.7 Å². The molecule has 2 N–H and O–H groups in total. The van der Waals surface area contributed by atoms with Crippen molar-refractivity contribution in [3.63, 3.8) is 0 Å². The van der Waals surface area contributed by atoms with Crippen LogP contribution in [0.4, 0.5) is 0 Å². The third-order valence-electron chi connectivity index (χ3n) is 5.28. The van der Waals surface area contributed by atoms with Crippen molar-refractivity contribution in [1.29, 1.82) is 0 Å². The molecule has 0 spiro atoms. The molecule has 6 heteroatoms. The van der Waals surface area contributed by atoms with Crippen LogP contribution in [0.5, 0.6) is 0 Å². The predicted molar refractivity (Wildman–Crippen MR) is 114 cm³/mol. The van der Waals surface area contributed by atoms with Gasteiger partial charge in [0.15, 0.2) is 5.96 Å². The van der Waals surface area contributed by atoms with Crippen LogP contribution in [0, 0.1) is 0 Å². The van der Waals surface area contributed by atoms with Crippen molar-refractivity contribution in [2.45, 2.75) is 57.5 Å². The molecule has 6 nitrogen and oxygen atoms in total. The Bertz CT molecular complexity index is 591. The molecule has 1 aliphatic rings. The van der Waals surface area contributed by atoms with Gasteiger partial charge in [-0.2, -0.15) is 0 Å². The average molecular weight is 389 g/mol. The number of aliphatic imine (C=N–C) groups is 1. The van der Waals surface area contributed by atoms with Gasteiger partial charge in [0.1, 0.15) is 0 Å². The summed E-state index contributed by atoms with van der Waals surface area (Å²) in [5.41, 5.74) is 1.38. The van der Waals surface area contributed by atoms with Gasteiger partial charge in [0, 0.05) is 39.1 Å². The largest absolute Gasteiger partial charge is 0.469 e. The zero-order valence-electron chi connectivity index (χ0n) is 17.5. The maximum atomic E-state index is 11.1. The zero-order valence-corrected chi connectivity index (χ0v) is 17.5. The van der Waals surface area contributed by atoms with Crippen molar-refractivity contribution in [3.05, 3.63) is 35.9 Å². The van der Waals surface area contributed by atoms with E-state index in [1.54, 1.807) is 0 Å². The van der Waals surface area contributed by atoms with E-state index < -0.39 is 0 Å². The summed E-state index contributed by atoms with van der Waals surface area (Å²) >= 11 is 0. The summed E-state index contributed by atoms with van der Waals surface area (Å²) in [6.45, 7) is 4.01. The lowest BCUT2D eigenvalue weighted by molar-refractivity contribution is -0.140. The molecule has 0 aliphatic carbocycles. The minimum Gasteiger partial charge on any atom is -0.469 e. The number of benzene rings is 1. The van der Waals surface area contributed by atoms with E-state index in [0.29, 0.717) is 12.5 Å². The Kier molecular flexibility index (Phi) is 10.4. The first-order valence-corrected chi connectivity index (χ1v) is 10.5. The van der Waals surface area contributed by atoms with Crippen LogP contribution >= 0.6 is 0 Å². The minimum absolute atomic E-state index is 0.115. The molecule has 1 unspecified atom stereocenters. The number of nitrogens with zero attached hydrogens (tertiary/aromatic N) is 2. The standard InChI is InChI=1S/C22H36N4O2/c1-23-22(24-15-9-4-3-8-14-21(27)28-2)25-17-20-13-10-16-26(20)18-19-11-6-5-7-12-19/h5-7,11-12,20H,3-4,8-10,13-18H2,1-2H3,(H2,23,24,25). The van der Waals surface area contributed by atoms with Gasteiger partial charge in [-0.05, 0) is 37.8 Å². The highest BCUT2D eigenvalue weighted by Crippen LogP contribution is 2.19. The van der Waals surface area contributed by atoms with Crippen LogP contribution in [0.25, 0.3) is 0 Å². The average Bonchev–Trinajstić information content (AvgIpc) is 3.16. The van der Waals surface area contributed by atoms with Gasteiger partial charge < -0.3 is 15.4 Å². The first-order chi connectivity index (χ1) is 13.7. The van der Waals surface area contributed by atoms with Crippen molar-refractivity contribution >= 4 is 11.9 Å². The van der Waals surface area contributed by atoms with Crippen LogP contribution in [0.15, 0.2) is 35.3 Å². The van der Waals surface area contributed by atoms with E-state index in [1.165, 1.54) is 32.1 Å². The van der Waals surface area contributed by atoms with Gasteiger partial charge in [-0.1, -0.05) is 43.2 Å². The Morgan fingerprint density at radius 3 is 2.71 bits per heavy atom. The Hall–Kier alpha value is -2.08. The number of esters is 1. The molecule has 1 atom stereocenters. The van der Waals surface area contributed by atoms with Crippen molar-refractivity contribution in [2.24, 2.45) is 4.99 Å². The van der Waals surface area contributed by atoms with Gasteiger partial charge in [0.25, 0.3) is 0 Å². The van der Waals surface area contributed by atoms with E-state index in [9.17, 15) is 4.79 Å². The second kappa shape index (κ2) is 13.2. The predicted octanol–water partition coefficient (Wildman–Crippen LogP) is 2.94. The molecule has 28 heavy (non-hydrogen) atoms. The van der Waals surface area contributed by atoms with Crippen molar-refractivity contribution in [2.75, 3.05) is 33.8 Å². The van der Waals surface area contributed by atoms with Crippen LogP contribution in [0.3, 0.4) is 0 Å². The molecule has 0 saturated carbocycles. The van der Waals surface area contributed by atoms with Crippen molar-refractivity contribution in [1.82, 2.24) is 15.5 Å². The fourth-order valence-electron chi connectivity index (χ4n) is 3.64. The smallest absolute Gasteiger partial charge is 0.305 e. The van der Waals surface area contributed by atoms with E-state index in [0.717, 1.165) is 51.3 Å². The van der Waals surface area contributed by atoms with E-state index in [1.807, 2.05) is 7.05 Å². The third-order valence-corrected chi connectivity index (χ3v) is 5.28. The molecule has 0 aromatic heterocycles. The Labute approximate surface area is 169 Å². The molecule has 1 fully saturated rings. The van der Waals surface area contributed by atoms with E-state index >= 15 is 0 Å². The van der Waals surface area contributed by atoms with E-state index in [-0.39, 0.29) is 5.97 Å². The first kappa shape index (κ1) is 22.2. The number of rotatable bonds is 11. The second-order valence-corrected chi connectivity index (χ2v) is 7.37. The second-order valence-electron chi connectivity index (χ2n) is 7.37. The van der Waals surface area contributed by atoms with E-state index in [4.69, 9.17) is 0 Å². The molecular weight excluding hydrogens is 352 g/mol. The number of carbonyl (C=O) groups excluding carboxylic acids is 1. The molecule has 1 saturated heterocycles. The molecule has 1 aliphatic heterocycles. The number of methoxy groups -OCH3 is 1. The molecular formula is C22H36N4O2. The topological polar surface area (TPSA) is 66.0 Å². The lowest BCUT2D eigenvalue weighted by Crippen LogP contribution is -2.44. The molecule has 0 bridgehead atoms. The molecule has 0 radical (unpaired) electrons. The monoisotopic (exact) mass is 388 g/mol. The Morgan fingerprint density at radius 1 is 1.18 bits per heavy atom. The summed E-state index contributed by atoms with van der Waals surface area (Å²) in [6.07, 6.45) is 7.15. The summed E-state index contributed by atoms with van der Waals surface area (Å²) in [5.74, 6) is 0.761. The summed E-state index contributed by atoms with van der Waals surface area (Å²) in [5, 5.41) is 6.89. The maximum Gasteiger partial charge on any atom is 0.305 e. The number of carbonyl (C=O) groups is 1. The Morgan fingerprint density at radius 2 is 1.96 bits per heavy atom. The molecule has 2 rings (SSSR count). The Balaban J connectivity index is 1.60. The first-order valence-electron chi connectivity index (χ1n) is 10.5. The maximum absolute atomic E-state index is 11.1. The summed E-state index contributed by atoms with van der Waals surface area (Å²) in [4.78, 5) is 18.0. The van der Waals surface area contributed by atoms with Crippen molar-refractivity contribution < 1.29 is 9.53 Å². The SMILES string of the molecule is CN=C(NCCCCCCC(=O)OC)NCC1CCCN1Cc1ccccc1. The highest BCUT2D eigenvalue weighted by atomic mass is 16.5. The van der Waals surface area contributed by atoms with Crippen LogP contribution in [-0.4, -0.2) is 56.7 Å².